The number of nitrogens with one attached hydrogen (secondary N) is 1. The van der Waals surface area contributed by atoms with Gasteiger partial charge in [0.05, 0.1) is 0 Å². The predicted molar refractivity (Wildman–Crippen MR) is 112 cm³/mol. The van der Waals surface area contributed by atoms with Crippen LogP contribution in [0.2, 0.25) is 0 Å². The summed E-state index contributed by atoms with van der Waals surface area (Å²) >= 11 is 0. The van der Waals surface area contributed by atoms with Gasteiger partial charge in [-0.15, -0.1) is 0 Å². The van der Waals surface area contributed by atoms with Crippen LogP contribution in [-0.2, 0) is 11.2 Å². The Morgan fingerprint density at radius 3 is 2.39 bits per heavy atom. The van der Waals surface area contributed by atoms with Crippen LogP contribution in [-0.4, -0.2) is 36.3 Å². The van der Waals surface area contributed by atoms with Gasteiger partial charge < -0.3 is 10.2 Å². The summed E-state index contributed by atoms with van der Waals surface area (Å²) in [6.07, 6.45) is 4.31. The van der Waals surface area contributed by atoms with Crippen LogP contribution in [0.3, 0.4) is 0 Å². The van der Waals surface area contributed by atoms with E-state index in [2.05, 4.69) is 17.4 Å². The lowest BCUT2D eigenvalue weighted by atomic mass is 9.91. The molecule has 1 saturated heterocycles. The summed E-state index contributed by atoms with van der Waals surface area (Å²) in [7, 11) is 0. The van der Waals surface area contributed by atoms with Crippen molar-refractivity contribution in [1.82, 2.24) is 10.2 Å². The lowest BCUT2D eigenvalue weighted by Gasteiger charge is -2.32. The van der Waals surface area contributed by atoms with Gasteiger partial charge in [0.1, 0.15) is 0 Å². The number of hydrogen-bond acceptors (Lipinski definition) is 2. The van der Waals surface area contributed by atoms with Crippen LogP contribution < -0.4 is 5.32 Å². The molecule has 0 bridgehead atoms. The number of nitrogens with zero attached hydrogens (tertiary/aromatic N) is 1. The van der Waals surface area contributed by atoms with Crippen LogP contribution in [0, 0.1) is 12.8 Å². The first-order valence-electron chi connectivity index (χ1n) is 10.3. The molecule has 1 aliphatic rings. The van der Waals surface area contributed by atoms with Crippen molar-refractivity contribution in [2.24, 2.45) is 5.92 Å². The predicted octanol–water partition coefficient (Wildman–Crippen LogP) is 3.99. The summed E-state index contributed by atoms with van der Waals surface area (Å²) in [5.41, 5.74) is 3.08. The highest BCUT2D eigenvalue weighted by molar-refractivity contribution is 5.95. The van der Waals surface area contributed by atoms with Gasteiger partial charge in [0.25, 0.3) is 5.91 Å². The van der Waals surface area contributed by atoms with Gasteiger partial charge in [-0.2, -0.15) is 0 Å². The molecule has 2 aromatic rings. The lowest BCUT2D eigenvalue weighted by molar-refractivity contribution is -0.121. The Kier molecular flexibility index (Phi) is 7.24. The van der Waals surface area contributed by atoms with Gasteiger partial charge in [0, 0.05) is 31.6 Å². The maximum atomic E-state index is 12.7. The average molecular weight is 379 g/mol. The van der Waals surface area contributed by atoms with Gasteiger partial charge in [0.15, 0.2) is 0 Å². The fourth-order valence-electron chi connectivity index (χ4n) is 3.82. The zero-order chi connectivity index (χ0) is 19.8. The molecule has 28 heavy (non-hydrogen) atoms. The van der Waals surface area contributed by atoms with E-state index >= 15 is 0 Å². The van der Waals surface area contributed by atoms with Crippen LogP contribution >= 0.6 is 0 Å². The van der Waals surface area contributed by atoms with Gasteiger partial charge in [0.2, 0.25) is 5.91 Å². The maximum absolute atomic E-state index is 12.7. The van der Waals surface area contributed by atoms with E-state index in [1.54, 1.807) is 0 Å². The molecule has 2 amide bonds. The lowest BCUT2D eigenvalue weighted by Crippen LogP contribution is -2.39. The first-order valence-corrected chi connectivity index (χ1v) is 10.3. The standard InChI is InChI=1S/C24H30N2O2/c1-19-7-5-6-10-22(19)24(28)26-17-14-21(15-18-26)11-12-23(27)25-16-13-20-8-3-2-4-9-20/h2-10,21H,11-18H2,1H3,(H,25,27). The van der Waals surface area contributed by atoms with E-state index in [4.69, 9.17) is 0 Å². The Bertz CT molecular complexity index is 780. The van der Waals surface area contributed by atoms with Crippen molar-refractivity contribution < 1.29 is 9.59 Å². The van der Waals surface area contributed by atoms with E-state index < -0.39 is 0 Å². The molecule has 0 spiro atoms. The van der Waals surface area contributed by atoms with Gasteiger partial charge in [-0.3, -0.25) is 9.59 Å². The molecule has 0 aromatic heterocycles. The first kappa shape index (κ1) is 20.1. The molecule has 0 aliphatic carbocycles. The largest absolute Gasteiger partial charge is 0.356 e. The number of amides is 2. The third kappa shape index (κ3) is 5.69. The van der Waals surface area contributed by atoms with Crippen molar-refractivity contribution in [3.63, 3.8) is 0 Å². The highest BCUT2D eigenvalue weighted by atomic mass is 16.2. The third-order valence-electron chi connectivity index (χ3n) is 5.64. The molecule has 4 heteroatoms. The fourth-order valence-corrected chi connectivity index (χ4v) is 3.82. The summed E-state index contributed by atoms with van der Waals surface area (Å²) in [6, 6.07) is 18.0. The molecule has 148 valence electrons. The smallest absolute Gasteiger partial charge is 0.254 e. The number of aryl methyl sites for hydroxylation is 1. The monoisotopic (exact) mass is 378 g/mol. The molecule has 4 nitrogen and oxygen atoms in total. The first-order chi connectivity index (χ1) is 13.6. The van der Waals surface area contributed by atoms with Gasteiger partial charge in [-0.1, -0.05) is 48.5 Å². The quantitative estimate of drug-likeness (QED) is 0.792. The van der Waals surface area contributed by atoms with Gasteiger partial charge >= 0.3 is 0 Å². The Labute approximate surface area is 167 Å². The molecule has 1 N–H and O–H groups in total. The molecule has 0 radical (unpaired) electrons. The van der Waals surface area contributed by atoms with E-state index in [0.29, 0.717) is 18.9 Å². The topological polar surface area (TPSA) is 49.4 Å². The van der Waals surface area contributed by atoms with E-state index in [1.807, 2.05) is 54.3 Å². The molecule has 1 fully saturated rings. The van der Waals surface area contributed by atoms with Crippen molar-refractivity contribution in [3.05, 3.63) is 71.3 Å². The van der Waals surface area contributed by atoms with Gasteiger partial charge in [-0.05, 0) is 55.7 Å². The van der Waals surface area contributed by atoms with Crippen LogP contribution in [0.5, 0.6) is 0 Å². The number of carbonyl (C=O) groups is 2. The Hall–Kier alpha value is -2.62. The molecule has 3 rings (SSSR count). The number of carbonyl (C=O) groups excluding carboxylic acids is 2. The SMILES string of the molecule is Cc1ccccc1C(=O)N1CCC(CCC(=O)NCCc2ccccc2)CC1. The number of rotatable bonds is 7. The van der Waals surface area contributed by atoms with E-state index in [1.165, 1.54) is 5.56 Å². The van der Waals surface area contributed by atoms with E-state index in [-0.39, 0.29) is 11.8 Å². The number of piperidine rings is 1. The van der Waals surface area contributed by atoms with Crippen molar-refractivity contribution >= 4 is 11.8 Å². The molecule has 1 heterocycles. The molecular weight excluding hydrogens is 348 g/mol. The Balaban J connectivity index is 1.34. The molecule has 0 atom stereocenters. The summed E-state index contributed by atoms with van der Waals surface area (Å²) in [4.78, 5) is 26.7. The second-order valence-corrected chi connectivity index (χ2v) is 7.67. The molecular formula is C24H30N2O2. The number of benzene rings is 2. The van der Waals surface area contributed by atoms with Crippen molar-refractivity contribution in [2.45, 2.75) is 39.0 Å². The van der Waals surface area contributed by atoms with E-state index in [9.17, 15) is 9.59 Å². The molecule has 2 aromatic carbocycles. The minimum absolute atomic E-state index is 0.134. The van der Waals surface area contributed by atoms with Crippen LogP contribution in [0.4, 0.5) is 0 Å². The summed E-state index contributed by atoms with van der Waals surface area (Å²) in [5.74, 6) is 0.797. The van der Waals surface area contributed by atoms with Crippen molar-refractivity contribution in [1.29, 1.82) is 0 Å². The molecule has 1 aliphatic heterocycles. The molecule has 0 unspecified atom stereocenters. The van der Waals surface area contributed by atoms with Crippen molar-refractivity contribution in [3.8, 4) is 0 Å². The normalized spacial score (nSPS) is 14.7. The summed E-state index contributed by atoms with van der Waals surface area (Å²) in [5, 5.41) is 3.02. The number of hydrogen-bond donors (Lipinski definition) is 1. The Morgan fingerprint density at radius 2 is 1.68 bits per heavy atom. The molecule has 0 saturated carbocycles. The second-order valence-electron chi connectivity index (χ2n) is 7.67. The summed E-state index contributed by atoms with van der Waals surface area (Å²) < 4.78 is 0. The summed E-state index contributed by atoms with van der Waals surface area (Å²) in [6.45, 7) is 4.24. The fraction of sp³-hybridized carbons (Fsp3) is 0.417. The van der Waals surface area contributed by atoms with Crippen LogP contribution in [0.15, 0.2) is 54.6 Å². The zero-order valence-electron chi connectivity index (χ0n) is 16.7. The second kappa shape index (κ2) is 10.1. The number of likely N-dealkylation sites (tertiary alicyclic amines) is 1. The zero-order valence-corrected chi connectivity index (χ0v) is 16.7. The Morgan fingerprint density at radius 1 is 1.00 bits per heavy atom. The van der Waals surface area contributed by atoms with Gasteiger partial charge in [-0.25, -0.2) is 0 Å². The highest BCUT2D eigenvalue weighted by Gasteiger charge is 2.24. The average Bonchev–Trinajstić information content (AvgIpc) is 2.73. The highest BCUT2D eigenvalue weighted by Crippen LogP contribution is 2.23. The third-order valence-corrected chi connectivity index (χ3v) is 5.64. The minimum atomic E-state index is 0.134. The maximum Gasteiger partial charge on any atom is 0.254 e. The van der Waals surface area contributed by atoms with Crippen LogP contribution in [0.1, 0.15) is 47.2 Å². The van der Waals surface area contributed by atoms with Crippen molar-refractivity contribution in [2.75, 3.05) is 19.6 Å². The van der Waals surface area contributed by atoms with Crippen LogP contribution in [0.25, 0.3) is 0 Å². The van der Waals surface area contributed by atoms with E-state index in [0.717, 1.165) is 49.9 Å². The minimum Gasteiger partial charge on any atom is -0.356 e.